The Hall–Kier alpha value is -0.340. The monoisotopic (exact) mass is 216 g/mol. The van der Waals surface area contributed by atoms with E-state index in [0.29, 0.717) is 6.61 Å². The van der Waals surface area contributed by atoms with Gasteiger partial charge >= 0.3 is 0 Å². The maximum atomic E-state index is 8.53. The summed E-state index contributed by atoms with van der Waals surface area (Å²) in [6.07, 6.45) is 11.9. The molecule has 0 bridgehead atoms. The summed E-state index contributed by atoms with van der Waals surface area (Å²) in [7, 11) is 0. The van der Waals surface area contributed by atoms with Gasteiger partial charge in [-0.3, -0.25) is 0 Å². The fraction of sp³-hybridized carbons (Fsp3) is 0.846. The molecule has 92 valence electrons. The molecule has 0 aliphatic carbocycles. The SMILES string of the molecule is C=CCCCCCCCCCO.CCO. The summed E-state index contributed by atoms with van der Waals surface area (Å²) in [5.74, 6) is 0. The van der Waals surface area contributed by atoms with Gasteiger partial charge < -0.3 is 10.2 Å². The fourth-order valence-electron chi connectivity index (χ4n) is 1.28. The number of allylic oxidation sites excluding steroid dienone is 1. The molecule has 0 amide bonds. The van der Waals surface area contributed by atoms with Crippen molar-refractivity contribution in [3.8, 4) is 0 Å². The van der Waals surface area contributed by atoms with Crippen molar-refractivity contribution >= 4 is 0 Å². The average molecular weight is 216 g/mol. The van der Waals surface area contributed by atoms with Crippen LogP contribution >= 0.6 is 0 Å². The van der Waals surface area contributed by atoms with Gasteiger partial charge in [-0.15, -0.1) is 6.58 Å². The predicted octanol–water partition coefficient (Wildman–Crippen LogP) is 3.28. The van der Waals surface area contributed by atoms with Gasteiger partial charge in [0.15, 0.2) is 0 Å². The maximum absolute atomic E-state index is 8.53. The molecule has 0 unspecified atom stereocenters. The van der Waals surface area contributed by atoms with Crippen LogP contribution in [0.5, 0.6) is 0 Å². The van der Waals surface area contributed by atoms with Gasteiger partial charge in [0, 0.05) is 13.2 Å². The molecule has 0 saturated carbocycles. The van der Waals surface area contributed by atoms with Gasteiger partial charge in [-0.05, 0) is 26.2 Å². The summed E-state index contributed by atoms with van der Waals surface area (Å²) >= 11 is 0. The summed E-state index contributed by atoms with van der Waals surface area (Å²) < 4.78 is 0. The zero-order valence-electron chi connectivity index (χ0n) is 10.2. The summed E-state index contributed by atoms with van der Waals surface area (Å²) in [5.41, 5.74) is 0. The van der Waals surface area contributed by atoms with Crippen LogP contribution in [0, 0.1) is 0 Å². The van der Waals surface area contributed by atoms with Crippen LogP contribution in [-0.4, -0.2) is 23.4 Å². The summed E-state index contributed by atoms with van der Waals surface area (Å²) in [6.45, 7) is 5.98. The Balaban J connectivity index is 0. The van der Waals surface area contributed by atoms with Crippen LogP contribution in [0.3, 0.4) is 0 Å². The fourth-order valence-corrected chi connectivity index (χ4v) is 1.28. The lowest BCUT2D eigenvalue weighted by Crippen LogP contribution is -1.83. The molecule has 2 N–H and O–H groups in total. The normalized spacial score (nSPS) is 9.27. The molecule has 0 radical (unpaired) electrons. The number of hydrogen-bond acceptors (Lipinski definition) is 2. The van der Waals surface area contributed by atoms with E-state index in [2.05, 4.69) is 6.58 Å². The third kappa shape index (κ3) is 24.8. The molecule has 0 fully saturated rings. The van der Waals surface area contributed by atoms with Crippen LogP contribution < -0.4 is 0 Å². The topological polar surface area (TPSA) is 40.5 Å². The van der Waals surface area contributed by atoms with Gasteiger partial charge in [0.05, 0.1) is 0 Å². The van der Waals surface area contributed by atoms with Crippen LogP contribution in [0.1, 0.15) is 58.3 Å². The van der Waals surface area contributed by atoms with E-state index < -0.39 is 0 Å². The molecule has 0 aromatic carbocycles. The Bertz CT molecular complexity index is 103. The lowest BCUT2D eigenvalue weighted by atomic mass is 10.1. The molecule has 0 aromatic rings. The number of aliphatic hydroxyl groups is 2. The van der Waals surface area contributed by atoms with E-state index in [0.717, 1.165) is 12.8 Å². The van der Waals surface area contributed by atoms with Crippen LogP contribution in [-0.2, 0) is 0 Å². The molecule has 2 nitrogen and oxygen atoms in total. The minimum atomic E-state index is 0.250. The summed E-state index contributed by atoms with van der Waals surface area (Å²) in [4.78, 5) is 0. The molecule has 0 spiro atoms. The first-order chi connectivity index (χ1) is 7.33. The van der Waals surface area contributed by atoms with E-state index in [1.165, 1.54) is 38.5 Å². The molecule has 15 heavy (non-hydrogen) atoms. The van der Waals surface area contributed by atoms with E-state index >= 15 is 0 Å². The number of unbranched alkanes of at least 4 members (excludes halogenated alkanes) is 7. The van der Waals surface area contributed by atoms with Gasteiger partial charge in [-0.1, -0.05) is 38.2 Å². The van der Waals surface area contributed by atoms with Crippen molar-refractivity contribution in [2.45, 2.75) is 58.3 Å². The second-order valence-electron chi connectivity index (χ2n) is 3.59. The van der Waals surface area contributed by atoms with E-state index in [-0.39, 0.29) is 6.61 Å². The van der Waals surface area contributed by atoms with Crippen LogP contribution in [0.15, 0.2) is 12.7 Å². The Morgan fingerprint density at radius 3 is 1.67 bits per heavy atom. The quantitative estimate of drug-likeness (QED) is 0.458. The molecule has 0 aliphatic heterocycles. The highest BCUT2D eigenvalue weighted by atomic mass is 16.3. The molecule has 0 heterocycles. The first-order valence-electron chi connectivity index (χ1n) is 6.16. The van der Waals surface area contributed by atoms with Crippen molar-refractivity contribution in [2.75, 3.05) is 13.2 Å². The number of aliphatic hydroxyl groups excluding tert-OH is 2. The minimum Gasteiger partial charge on any atom is -0.397 e. The smallest absolute Gasteiger partial charge is 0.0431 e. The number of rotatable bonds is 9. The van der Waals surface area contributed by atoms with Crippen molar-refractivity contribution in [3.63, 3.8) is 0 Å². The highest BCUT2D eigenvalue weighted by molar-refractivity contribution is 4.65. The summed E-state index contributed by atoms with van der Waals surface area (Å²) in [5, 5.41) is 16.1. The van der Waals surface area contributed by atoms with Crippen LogP contribution in [0.4, 0.5) is 0 Å². The van der Waals surface area contributed by atoms with E-state index in [9.17, 15) is 0 Å². The van der Waals surface area contributed by atoms with Crippen molar-refractivity contribution < 1.29 is 10.2 Å². The third-order valence-electron chi connectivity index (χ3n) is 2.07. The molecule has 0 rings (SSSR count). The van der Waals surface area contributed by atoms with Gasteiger partial charge in [0.25, 0.3) is 0 Å². The molecular formula is C13H28O2. The second-order valence-corrected chi connectivity index (χ2v) is 3.59. The first-order valence-corrected chi connectivity index (χ1v) is 6.16. The number of hydrogen-bond donors (Lipinski definition) is 2. The Labute approximate surface area is 95.0 Å². The van der Waals surface area contributed by atoms with Crippen molar-refractivity contribution in [2.24, 2.45) is 0 Å². The zero-order valence-corrected chi connectivity index (χ0v) is 10.2. The van der Waals surface area contributed by atoms with E-state index in [4.69, 9.17) is 10.2 Å². The highest BCUT2D eigenvalue weighted by Gasteiger charge is 1.89. The van der Waals surface area contributed by atoms with Crippen LogP contribution in [0.25, 0.3) is 0 Å². The van der Waals surface area contributed by atoms with Gasteiger partial charge in [-0.25, -0.2) is 0 Å². The lowest BCUT2D eigenvalue weighted by molar-refractivity contribution is 0.282. The van der Waals surface area contributed by atoms with Crippen LogP contribution in [0.2, 0.25) is 0 Å². The van der Waals surface area contributed by atoms with Gasteiger partial charge in [-0.2, -0.15) is 0 Å². The Kier molecular flexibility index (Phi) is 21.9. The maximum Gasteiger partial charge on any atom is 0.0431 e. The van der Waals surface area contributed by atoms with Gasteiger partial charge in [0.1, 0.15) is 0 Å². The van der Waals surface area contributed by atoms with Crippen molar-refractivity contribution in [1.82, 2.24) is 0 Å². The largest absolute Gasteiger partial charge is 0.397 e. The summed E-state index contributed by atoms with van der Waals surface area (Å²) in [6, 6.07) is 0. The Morgan fingerprint density at radius 1 is 0.867 bits per heavy atom. The third-order valence-corrected chi connectivity index (χ3v) is 2.07. The average Bonchev–Trinajstić information content (AvgIpc) is 2.23. The lowest BCUT2D eigenvalue weighted by Gasteiger charge is -1.99. The van der Waals surface area contributed by atoms with E-state index in [1.54, 1.807) is 6.92 Å². The zero-order chi connectivity index (χ0) is 11.8. The molecule has 0 aromatic heterocycles. The van der Waals surface area contributed by atoms with E-state index in [1.807, 2.05) is 6.08 Å². The molecular weight excluding hydrogens is 188 g/mol. The molecule has 0 saturated heterocycles. The predicted molar refractivity (Wildman–Crippen MR) is 67.0 cm³/mol. The van der Waals surface area contributed by atoms with Crippen molar-refractivity contribution in [3.05, 3.63) is 12.7 Å². The molecule has 0 atom stereocenters. The Morgan fingerprint density at radius 2 is 1.27 bits per heavy atom. The highest BCUT2D eigenvalue weighted by Crippen LogP contribution is 2.08. The standard InChI is InChI=1S/C11H22O.C2H6O/c1-2-3-4-5-6-7-8-9-10-11-12;1-2-3/h2,12H,1,3-11H2;3H,2H2,1H3. The first kappa shape index (κ1) is 17.1. The second kappa shape index (κ2) is 19.3. The van der Waals surface area contributed by atoms with Crippen molar-refractivity contribution in [1.29, 1.82) is 0 Å². The molecule has 0 aliphatic rings. The van der Waals surface area contributed by atoms with Gasteiger partial charge in [0.2, 0.25) is 0 Å². The molecule has 2 heteroatoms. The minimum absolute atomic E-state index is 0.250.